The molecule has 4 rings (SSSR count). The van der Waals surface area contributed by atoms with Gasteiger partial charge >= 0.3 is 5.97 Å². The molecule has 0 radical (unpaired) electrons. The van der Waals surface area contributed by atoms with Crippen molar-refractivity contribution >= 4 is 64.0 Å². The van der Waals surface area contributed by atoms with E-state index < -0.39 is 23.3 Å². The number of thioether (sulfide) groups is 1. The smallest absolute Gasteiger partial charge is 0.331 e. The number of halogens is 2. The molecule has 0 saturated heterocycles. The van der Waals surface area contributed by atoms with Crippen molar-refractivity contribution in [3.63, 3.8) is 0 Å². The lowest BCUT2D eigenvalue weighted by molar-refractivity contribution is -0.144. The van der Waals surface area contributed by atoms with E-state index in [2.05, 4.69) is 24.1 Å². The number of hydrogen-bond donors (Lipinski definition) is 1. The lowest BCUT2D eigenvalue weighted by Crippen LogP contribution is -2.62. The van der Waals surface area contributed by atoms with E-state index in [4.69, 9.17) is 32.9 Å². The van der Waals surface area contributed by atoms with Gasteiger partial charge in [0.15, 0.2) is 11.8 Å². The van der Waals surface area contributed by atoms with Gasteiger partial charge in [0, 0.05) is 35.5 Å². The second-order valence-corrected chi connectivity index (χ2v) is 12.7. The number of ketones is 1. The van der Waals surface area contributed by atoms with E-state index in [1.807, 2.05) is 12.1 Å². The van der Waals surface area contributed by atoms with E-state index in [1.165, 1.54) is 12.4 Å². The van der Waals surface area contributed by atoms with Gasteiger partial charge in [0.1, 0.15) is 5.25 Å². The predicted octanol–water partition coefficient (Wildman–Crippen LogP) is 6.60. The molecule has 39 heavy (non-hydrogen) atoms. The van der Waals surface area contributed by atoms with Crippen molar-refractivity contribution in [2.24, 2.45) is 10.4 Å². The van der Waals surface area contributed by atoms with Crippen LogP contribution in [0.15, 0.2) is 41.7 Å². The summed E-state index contributed by atoms with van der Waals surface area (Å²) in [5, 5.41) is 3.07. The van der Waals surface area contributed by atoms with Gasteiger partial charge in [-0.15, -0.1) is 11.8 Å². The van der Waals surface area contributed by atoms with Crippen LogP contribution in [0.3, 0.4) is 0 Å². The summed E-state index contributed by atoms with van der Waals surface area (Å²) in [5.74, 6) is -0.586. The van der Waals surface area contributed by atoms with Crippen LogP contribution < -0.4 is 5.32 Å². The first-order valence-corrected chi connectivity index (χ1v) is 15.0. The average molecular weight is 591 g/mol. The van der Waals surface area contributed by atoms with E-state index in [1.54, 1.807) is 30.8 Å². The number of carbonyl (C=O) groups is 3. The number of Topliss-reactive ketones (excluding diaryl/α,β-unsaturated/α-hetero) is 1. The second-order valence-electron chi connectivity index (χ2n) is 10.2. The molecule has 2 saturated carbocycles. The molecule has 10 heteroatoms. The van der Waals surface area contributed by atoms with Crippen LogP contribution in [0.1, 0.15) is 68.8 Å². The fraction of sp³-hybridized carbons (Fsp3) is 0.483. The van der Waals surface area contributed by atoms with Gasteiger partial charge in [-0.2, -0.15) is 0 Å². The number of esters is 1. The predicted molar refractivity (Wildman–Crippen MR) is 157 cm³/mol. The number of pyridine rings is 1. The number of carbonyl (C=O) groups excluding carboxylic acids is 3. The minimum atomic E-state index is -0.753. The third-order valence-corrected chi connectivity index (χ3v) is 8.97. The Morgan fingerprint density at radius 3 is 2.36 bits per heavy atom. The number of nitrogens with zero attached hydrogens (tertiary/aromatic N) is 2. The molecule has 1 aromatic heterocycles. The summed E-state index contributed by atoms with van der Waals surface area (Å²) in [5.41, 5.74) is 1.88. The molecule has 0 bridgehead atoms. The summed E-state index contributed by atoms with van der Waals surface area (Å²) in [6.45, 7) is 6.16. The van der Waals surface area contributed by atoms with Crippen LogP contribution in [0.2, 0.25) is 10.0 Å². The highest BCUT2D eigenvalue weighted by Crippen LogP contribution is 2.51. The molecular weight excluding hydrogens is 557 g/mol. The largest absolute Gasteiger partial charge is 0.464 e. The summed E-state index contributed by atoms with van der Waals surface area (Å²) >= 11 is 13.8. The third-order valence-electron chi connectivity index (χ3n) is 7.14. The summed E-state index contributed by atoms with van der Waals surface area (Å²) in [6.07, 6.45) is 7.76. The Kier molecular flexibility index (Phi) is 9.73. The van der Waals surface area contributed by atoms with Gasteiger partial charge < -0.3 is 10.1 Å². The van der Waals surface area contributed by atoms with Gasteiger partial charge in [-0.1, -0.05) is 68.4 Å². The van der Waals surface area contributed by atoms with Gasteiger partial charge in [0.05, 0.1) is 27.6 Å². The Morgan fingerprint density at radius 2 is 1.77 bits per heavy atom. The van der Waals surface area contributed by atoms with E-state index in [9.17, 15) is 14.4 Å². The molecule has 2 fully saturated rings. The zero-order chi connectivity index (χ0) is 28.2. The van der Waals surface area contributed by atoms with Crippen molar-refractivity contribution in [2.75, 3.05) is 11.9 Å². The monoisotopic (exact) mass is 589 g/mol. The van der Waals surface area contributed by atoms with Crippen LogP contribution in [0, 0.1) is 5.41 Å². The standard InChI is InChI=1S/C29H33Cl2N3O4S/c1-4-38-28(37)22(34-25-24(39-17(2)3)26(35)29(25)12-6-5-7-13-29)14-18-8-10-19(11-9-18)33-27(36)23-20(30)15-32-16-21(23)31/h8-11,15-17,22,24H,4-7,12-14H2,1-3H3,(H,33,36)/t22-,24?/m0/s1. The Morgan fingerprint density at radius 1 is 1.13 bits per heavy atom. The van der Waals surface area contributed by atoms with Crippen molar-refractivity contribution < 1.29 is 19.1 Å². The zero-order valence-corrected chi connectivity index (χ0v) is 24.7. The maximum absolute atomic E-state index is 13.3. The molecule has 208 valence electrons. The normalized spacial score (nSPS) is 20.1. The first-order valence-electron chi connectivity index (χ1n) is 13.3. The highest BCUT2D eigenvalue weighted by Gasteiger charge is 2.59. The minimum absolute atomic E-state index is 0.149. The van der Waals surface area contributed by atoms with E-state index in [-0.39, 0.29) is 38.5 Å². The van der Waals surface area contributed by atoms with Crippen molar-refractivity contribution in [1.29, 1.82) is 0 Å². The Balaban J connectivity index is 1.55. The first-order chi connectivity index (χ1) is 18.7. The molecule has 1 spiro atoms. The third kappa shape index (κ3) is 6.50. The molecule has 1 N–H and O–H groups in total. The van der Waals surface area contributed by atoms with E-state index in [0.717, 1.165) is 43.4 Å². The number of anilines is 1. The van der Waals surface area contributed by atoms with Gasteiger partial charge in [-0.25, -0.2) is 4.79 Å². The van der Waals surface area contributed by atoms with Crippen LogP contribution in [0.4, 0.5) is 5.69 Å². The number of nitrogens with one attached hydrogen (secondary N) is 1. The van der Waals surface area contributed by atoms with Crippen LogP contribution >= 0.6 is 35.0 Å². The fourth-order valence-corrected chi connectivity index (χ4v) is 7.12. The zero-order valence-electron chi connectivity index (χ0n) is 22.3. The fourth-order valence-electron chi connectivity index (χ4n) is 5.28. The summed E-state index contributed by atoms with van der Waals surface area (Å²) in [7, 11) is 0. The Hall–Kier alpha value is -2.42. The Labute approximate surface area is 243 Å². The number of ether oxygens (including phenoxy) is 1. The molecule has 1 unspecified atom stereocenters. The summed E-state index contributed by atoms with van der Waals surface area (Å²) in [6, 6.07) is 6.41. The number of amides is 1. The van der Waals surface area contributed by atoms with Crippen LogP contribution in [-0.4, -0.2) is 51.5 Å². The van der Waals surface area contributed by atoms with Gasteiger partial charge in [0.25, 0.3) is 5.91 Å². The number of aliphatic imine (C=N–C) groups is 1. The SMILES string of the molecule is CCOC(=O)[C@H](Cc1ccc(NC(=O)c2c(Cl)cncc2Cl)cc1)N=C1C(SC(C)C)C(=O)C12CCCCC2. The maximum Gasteiger partial charge on any atom is 0.331 e. The van der Waals surface area contributed by atoms with E-state index >= 15 is 0 Å². The summed E-state index contributed by atoms with van der Waals surface area (Å²) in [4.78, 5) is 47.9. The van der Waals surface area contributed by atoms with Crippen LogP contribution in [-0.2, 0) is 20.7 Å². The quantitative estimate of drug-likeness (QED) is 0.331. The first kappa shape index (κ1) is 29.6. The van der Waals surface area contributed by atoms with E-state index in [0.29, 0.717) is 12.1 Å². The topological polar surface area (TPSA) is 97.7 Å². The van der Waals surface area contributed by atoms with Crippen molar-refractivity contribution in [2.45, 2.75) is 75.8 Å². The number of benzene rings is 1. The van der Waals surface area contributed by atoms with Crippen LogP contribution in [0.5, 0.6) is 0 Å². The van der Waals surface area contributed by atoms with Crippen LogP contribution in [0.25, 0.3) is 0 Å². The van der Waals surface area contributed by atoms with Gasteiger partial charge in [0.2, 0.25) is 0 Å². The maximum atomic E-state index is 13.3. The molecule has 2 aliphatic rings. The number of hydrogen-bond acceptors (Lipinski definition) is 7. The minimum Gasteiger partial charge on any atom is -0.464 e. The lowest BCUT2D eigenvalue weighted by Gasteiger charge is -2.50. The number of aromatic nitrogens is 1. The van der Waals surface area contributed by atoms with Crippen molar-refractivity contribution in [3.8, 4) is 0 Å². The second kappa shape index (κ2) is 12.8. The molecular formula is C29H33Cl2N3O4S. The molecule has 1 heterocycles. The summed E-state index contributed by atoms with van der Waals surface area (Å²) < 4.78 is 5.39. The molecule has 7 nitrogen and oxygen atoms in total. The molecule has 1 aromatic carbocycles. The average Bonchev–Trinajstić information content (AvgIpc) is 2.91. The highest BCUT2D eigenvalue weighted by molar-refractivity contribution is 8.02. The molecule has 0 aliphatic heterocycles. The Bertz CT molecular complexity index is 1240. The molecule has 2 aromatic rings. The van der Waals surface area contributed by atoms with Crippen molar-refractivity contribution in [1.82, 2.24) is 4.98 Å². The molecule has 2 atom stereocenters. The van der Waals surface area contributed by atoms with Crippen molar-refractivity contribution in [3.05, 3.63) is 57.8 Å². The van der Waals surface area contributed by atoms with Gasteiger partial charge in [-0.05, 0) is 37.5 Å². The lowest BCUT2D eigenvalue weighted by atomic mass is 9.58. The highest BCUT2D eigenvalue weighted by atomic mass is 35.5. The molecule has 1 amide bonds. The van der Waals surface area contributed by atoms with Gasteiger partial charge in [-0.3, -0.25) is 19.6 Å². The number of rotatable bonds is 9. The molecule has 2 aliphatic carbocycles.